The molecule has 9 N–H and O–H groups in total. The summed E-state index contributed by atoms with van der Waals surface area (Å²) in [6.45, 7) is 13.5. The lowest BCUT2D eigenvalue weighted by Crippen LogP contribution is -2.47. The van der Waals surface area contributed by atoms with Crippen molar-refractivity contribution in [2.24, 2.45) is 0 Å². The van der Waals surface area contributed by atoms with Gasteiger partial charge in [0, 0.05) is 127 Å². The second kappa shape index (κ2) is 39.2. The summed E-state index contributed by atoms with van der Waals surface area (Å²) >= 11 is 6.12. The molecule has 4 aliphatic rings. The van der Waals surface area contributed by atoms with Crippen molar-refractivity contribution in [1.82, 2.24) is 132 Å². The third-order valence-electron chi connectivity index (χ3n) is 25.3. The average Bonchev–Trinajstić information content (AvgIpc) is 1.63. The number of piperazine rings is 4. The summed E-state index contributed by atoms with van der Waals surface area (Å²) in [6.07, 6.45) is 5.83. The molecule has 145 heavy (non-hydrogen) atoms. The fourth-order valence-electron chi connectivity index (χ4n) is 18.2. The molecule has 4 aliphatic heterocycles. The highest BCUT2D eigenvalue weighted by molar-refractivity contribution is 6.29. The monoisotopic (exact) mass is 1980 g/mol. The molecule has 7 aromatic carbocycles. The van der Waals surface area contributed by atoms with Crippen LogP contribution in [-0.2, 0) is 52.0 Å². The van der Waals surface area contributed by atoms with E-state index in [-0.39, 0.29) is 60.9 Å². The van der Waals surface area contributed by atoms with Crippen molar-refractivity contribution in [1.29, 1.82) is 0 Å². The van der Waals surface area contributed by atoms with Crippen LogP contribution in [0.2, 0.25) is 5.15 Å². The lowest BCUT2D eigenvalue weighted by atomic mass is 10.2. The third kappa shape index (κ3) is 18.8. The average molecular weight is 1980 g/mol. The van der Waals surface area contributed by atoms with E-state index >= 15 is 0 Å². The number of hydrogen-bond donors (Lipinski definition) is 9. The molecule has 48 nitrogen and oxygen atoms in total. The maximum atomic E-state index is 11.5. The summed E-state index contributed by atoms with van der Waals surface area (Å²) < 4.78 is 12.8. The Hall–Kier alpha value is -18.6. The van der Waals surface area contributed by atoms with Gasteiger partial charge >= 0.3 is 23.9 Å². The number of nitrogens with zero attached hydrogens (tertiary/aromatic N) is 35. The van der Waals surface area contributed by atoms with Crippen molar-refractivity contribution in [3.8, 4) is 46.3 Å². The maximum absolute atomic E-state index is 11.5. The summed E-state index contributed by atoms with van der Waals surface area (Å²) in [7, 11) is 0. The van der Waals surface area contributed by atoms with Gasteiger partial charge in [0.15, 0.2) is 73.6 Å². The largest absolute Gasteiger partial charge is 0.508 e. The molecule has 0 amide bonds. The number of phenolic OH excluding ortho intramolecular Hbond substituents is 4. The molecule has 17 heterocycles. The Labute approximate surface area is 824 Å². The van der Waals surface area contributed by atoms with Crippen LogP contribution in [0.15, 0.2) is 201 Å². The van der Waals surface area contributed by atoms with E-state index < -0.39 is 23.9 Å². The number of hydrogen-bond acceptors (Lipinski definition) is 36. The Balaban J connectivity index is 0.000000114. The van der Waals surface area contributed by atoms with Gasteiger partial charge in [-0.25, -0.2) is 34.9 Å². The number of halogens is 1. The zero-order valence-corrected chi connectivity index (χ0v) is 78.3. The number of fused-ring (bicyclic) bond motifs is 8. The number of anilines is 8. The standard InChI is InChI=1S/C25H24N8O4.C25H24N8O3.C24H23N9O3.C22H19ClN10O3/c34-14-20-27-18-3-1-2-4-19(18)33(20)24-22-23(32(15-26-22)13-21(36)37)28-25(29-24)31-11-9-30(10-12-31)16-5-7-17(35)8-6-16;1-16-27-19-4-2-3-5-20(19)33(16)24-22-23(32(15-26-22)14-21(35)36)28-25(29-24)31-12-10-30(11-13-31)17-6-8-18(34)9-7-17;1-15-3-2-4-18-20(15)28-29-33(18)23-21-22(32(14-25-21)13-19(35)36)26-24(27-23)31-11-9-30(10-12-31)16-5-7-17(34)8-6-16;23-16-6-5-15-19(25-16)33(29-28-15)21-18-20(32(12-24-18)11-17(35)36)26-22(27-21)31-9-7-30(8-10-31)13-1-3-14(34)4-2-13/h1-8,15,34-35H,9-14H2,(H,36,37);2-9,15,34H,10-14H2,1H3,(H,35,36);2-8,14,34H,9-13H2,1H3,(H,35,36);1-6,12,34H,7-11H2,(H,35,36). The van der Waals surface area contributed by atoms with Gasteiger partial charge in [-0.2, -0.15) is 49.2 Å². The van der Waals surface area contributed by atoms with Crippen molar-refractivity contribution < 1.29 is 65.1 Å². The number of carboxylic acids is 4. The van der Waals surface area contributed by atoms with Gasteiger partial charge in [-0.15, -0.1) is 10.2 Å². The van der Waals surface area contributed by atoms with Crippen molar-refractivity contribution in [2.45, 2.75) is 46.6 Å². The van der Waals surface area contributed by atoms with E-state index in [1.54, 1.807) is 69.9 Å². The summed E-state index contributed by atoms with van der Waals surface area (Å²) in [4.78, 5) is 133. The molecule has 0 atom stereocenters. The molecule has 13 aromatic heterocycles. The predicted molar refractivity (Wildman–Crippen MR) is 534 cm³/mol. The first-order valence-electron chi connectivity index (χ1n) is 46.1. The molecule has 0 spiro atoms. The number of rotatable bonds is 21. The molecule has 0 radical (unpaired) electrons. The van der Waals surface area contributed by atoms with Gasteiger partial charge in [0.25, 0.3) is 0 Å². The van der Waals surface area contributed by atoms with Gasteiger partial charge in [-0.3, -0.25) is 28.3 Å². The van der Waals surface area contributed by atoms with E-state index in [1.165, 1.54) is 48.3 Å². The van der Waals surface area contributed by atoms with Crippen LogP contribution in [0.5, 0.6) is 23.0 Å². The van der Waals surface area contributed by atoms with Crippen LogP contribution >= 0.6 is 11.6 Å². The Kier molecular flexibility index (Phi) is 25.1. The number of pyridine rings is 1. The third-order valence-corrected chi connectivity index (χ3v) is 25.5. The van der Waals surface area contributed by atoms with Crippen LogP contribution in [0.3, 0.4) is 0 Å². The van der Waals surface area contributed by atoms with E-state index in [1.807, 2.05) is 139 Å². The van der Waals surface area contributed by atoms with Crippen LogP contribution in [-0.4, -0.2) is 307 Å². The van der Waals surface area contributed by atoms with Crippen LogP contribution in [0.4, 0.5) is 46.5 Å². The minimum atomic E-state index is -1.02. The molecule has 49 heteroatoms. The number of carboxylic acid groups (broad SMARTS) is 4. The van der Waals surface area contributed by atoms with E-state index in [0.717, 1.165) is 87.9 Å². The second-order valence-electron chi connectivity index (χ2n) is 34.5. The maximum Gasteiger partial charge on any atom is 0.323 e. The number of aromatic hydroxyl groups is 4. The summed E-state index contributed by atoms with van der Waals surface area (Å²) in [5.41, 5.74) is 14.2. The molecule has 734 valence electrons. The SMILES string of the molecule is Cc1cccc2c1nnn2-c1nc(N2CCN(c3ccc(O)cc3)CC2)nc2c1ncn2CC(=O)O.Cc1nc2ccccc2n1-c1nc(N2CCN(c3ccc(O)cc3)CC2)nc2c1ncn2CC(=O)O.O=C(O)Cn1cnc2c(-n3c(CO)nc4ccccc43)nc(N3CCN(c4ccc(O)cc4)CC3)nc21.O=C(O)Cn1cnc2c(-n3nnc4ccc(Cl)nc43)nc(N3CCN(c4ccc(O)cc4)CC3)nc21. The van der Waals surface area contributed by atoms with E-state index in [2.05, 4.69) is 94.8 Å². The van der Waals surface area contributed by atoms with Gasteiger partial charge in [0.1, 0.15) is 83.6 Å². The molecule has 4 saturated heterocycles. The number of aryl methyl sites for hydroxylation is 2. The van der Waals surface area contributed by atoms with E-state index in [4.69, 9.17) is 46.5 Å². The first kappa shape index (κ1) is 92.7. The van der Waals surface area contributed by atoms with Crippen LogP contribution in [0.1, 0.15) is 17.2 Å². The van der Waals surface area contributed by atoms with Gasteiger partial charge in [0.2, 0.25) is 23.8 Å². The van der Waals surface area contributed by atoms with Crippen LogP contribution < -0.4 is 39.2 Å². The van der Waals surface area contributed by atoms with Crippen molar-refractivity contribution >= 4 is 171 Å². The highest BCUT2D eigenvalue weighted by Crippen LogP contribution is 2.36. The zero-order valence-electron chi connectivity index (χ0n) is 77.6. The molecule has 4 fully saturated rings. The Morgan fingerprint density at radius 3 is 1.01 bits per heavy atom. The molecule has 0 bridgehead atoms. The van der Waals surface area contributed by atoms with Crippen LogP contribution in [0, 0.1) is 13.8 Å². The number of phenols is 4. The molecule has 0 unspecified atom stereocenters. The van der Waals surface area contributed by atoms with Gasteiger partial charge in [0.05, 0.1) is 52.9 Å². The van der Waals surface area contributed by atoms with Crippen molar-refractivity contribution in [3.05, 3.63) is 224 Å². The van der Waals surface area contributed by atoms with Gasteiger partial charge in [-0.1, -0.05) is 58.4 Å². The molecular weight excluding hydrogens is 1890 g/mol. The zero-order chi connectivity index (χ0) is 100.0. The number of imidazole rings is 6. The van der Waals surface area contributed by atoms with E-state index in [0.29, 0.717) is 193 Å². The van der Waals surface area contributed by atoms with Gasteiger partial charge < -0.3 is 103 Å². The first-order valence-corrected chi connectivity index (χ1v) is 46.5. The van der Waals surface area contributed by atoms with Crippen LogP contribution in [0.25, 0.3) is 112 Å². The smallest absolute Gasteiger partial charge is 0.323 e. The number of aliphatic hydroxyl groups is 1. The van der Waals surface area contributed by atoms with Gasteiger partial charge in [-0.05, 0) is 159 Å². The fourth-order valence-corrected chi connectivity index (χ4v) is 18.3. The summed E-state index contributed by atoms with van der Waals surface area (Å²) in [6, 6.07) is 53.0. The first-order chi connectivity index (χ1) is 70.4. The second-order valence-corrected chi connectivity index (χ2v) is 34.9. The number of aliphatic hydroxyl groups excluding tert-OH is 1. The summed E-state index contributed by atoms with van der Waals surface area (Å²) in [5, 5.41) is 103. The van der Waals surface area contributed by atoms with Crippen molar-refractivity contribution in [2.75, 3.05) is 144 Å². The molecular formula is C96H90ClN35O13. The Morgan fingerprint density at radius 2 is 0.628 bits per heavy atom. The topological polar surface area (TPSA) is 561 Å². The molecule has 0 saturated carbocycles. The Bertz CT molecular complexity index is 8120. The number of carbonyl (C=O) groups is 4. The fraction of sp³-hybridized carbons (Fsp3) is 0.240. The number of aliphatic carboxylic acids is 4. The Morgan fingerprint density at radius 1 is 0.303 bits per heavy atom. The number of aromatic nitrogens is 27. The minimum Gasteiger partial charge on any atom is -0.508 e. The minimum absolute atomic E-state index is 0.223. The highest BCUT2D eigenvalue weighted by Gasteiger charge is 2.33. The summed E-state index contributed by atoms with van der Waals surface area (Å²) in [5.74, 6) is 1.76. The van der Waals surface area contributed by atoms with Crippen molar-refractivity contribution in [3.63, 3.8) is 0 Å². The molecule has 24 rings (SSSR count). The van der Waals surface area contributed by atoms with E-state index in [9.17, 15) is 65.1 Å². The number of benzene rings is 7. The highest BCUT2D eigenvalue weighted by atomic mass is 35.5. The quantitative estimate of drug-likeness (QED) is 0.0307. The predicted octanol–water partition coefficient (Wildman–Crippen LogP) is 8.08. The molecule has 20 aromatic rings. The molecule has 0 aliphatic carbocycles. The lowest BCUT2D eigenvalue weighted by Gasteiger charge is -2.36. The number of para-hydroxylation sites is 4. The normalized spacial score (nSPS) is 14.1. The lowest BCUT2D eigenvalue weighted by molar-refractivity contribution is -0.138.